The van der Waals surface area contributed by atoms with Crippen LogP contribution in [0.2, 0.25) is 0 Å². The van der Waals surface area contributed by atoms with Crippen molar-refractivity contribution in [1.29, 1.82) is 0 Å². The molecule has 0 bridgehead atoms. The number of carbonyl (C=O) groups excluding carboxylic acids is 1. The number of hydrogen-bond acceptors (Lipinski definition) is 2. The van der Waals surface area contributed by atoms with Gasteiger partial charge in [0.2, 0.25) is 0 Å². The van der Waals surface area contributed by atoms with Crippen LogP contribution in [0.15, 0.2) is 24.3 Å². The highest BCUT2D eigenvalue weighted by atomic mass is 16.5. The summed E-state index contributed by atoms with van der Waals surface area (Å²) in [7, 11) is 0. The van der Waals surface area contributed by atoms with Gasteiger partial charge in [-0.2, -0.15) is 0 Å². The maximum absolute atomic E-state index is 12.2. The number of ether oxygens (including phenoxy) is 1. The number of Topliss-reactive ketones (excluding diaryl/α,β-unsaturated/α-hetero) is 1. The van der Waals surface area contributed by atoms with Gasteiger partial charge in [-0.15, -0.1) is 0 Å². The van der Waals surface area contributed by atoms with Crippen molar-refractivity contribution in [2.75, 3.05) is 6.61 Å². The lowest BCUT2D eigenvalue weighted by Crippen LogP contribution is -2.28. The highest BCUT2D eigenvalue weighted by molar-refractivity contribution is 5.97. The minimum absolute atomic E-state index is 0.0999. The Labute approximate surface area is 128 Å². The minimum atomic E-state index is 0.0999. The quantitative estimate of drug-likeness (QED) is 0.702. The van der Waals surface area contributed by atoms with Crippen molar-refractivity contribution in [3.63, 3.8) is 0 Å². The van der Waals surface area contributed by atoms with Gasteiger partial charge in [0.05, 0.1) is 6.10 Å². The van der Waals surface area contributed by atoms with Gasteiger partial charge in [0.1, 0.15) is 6.61 Å². The molecule has 0 atom stereocenters. The number of hydrogen-bond donors (Lipinski definition) is 0. The lowest BCUT2D eigenvalue weighted by Gasteiger charge is -2.34. The zero-order chi connectivity index (χ0) is 15.3. The third kappa shape index (κ3) is 4.96. The molecule has 0 amide bonds. The zero-order valence-electron chi connectivity index (χ0n) is 13.7. The van der Waals surface area contributed by atoms with Crippen molar-refractivity contribution >= 4 is 5.78 Å². The fourth-order valence-corrected chi connectivity index (χ4v) is 2.96. The fraction of sp³-hybridized carbons (Fsp3) is 0.632. The van der Waals surface area contributed by atoms with Gasteiger partial charge in [0.25, 0.3) is 0 Å². The van der Waals surface area contributed by atoms with E-state index in [1.54, 1.807) is 0 Å². The molecule has 0 saturated heterocycles. The molecule has 0 heterocycles. The Bertz CT molecular complexity index is 449. The van der Waals surface area contributed by atoms with Crippen LogP contribution in [0, 0.1) is 5.41 Å². The Morgan fingerprint density at radius 3 is 2.38 bits per heavy atom. The first kappa shape index (κ1) is 16.2. The lowest BCUT2D eigenvalue weighted by atomic mass is 9.76. The normalized spacial score (nSPS) is 18.6. The maximum atomic E-state index is 12.2. The SMILES string of the molecule is CCCc1ccc(C(=O)COC2CCC(C)(C)CC2)cc1. The monoisotopic (exact) mass is 288 g/mol. The molecule has 2 rings (SSSR count). The van der Waals surface area contributed by atoms with E-state index < -0.39 is 0 Å². The molecular formula is C19H28O2. The second kappa shape index (κ2) is 7.22. The Hall–Kier alpha value is -1.15. The molecule has 116 valence electrons. The third-order valence-electron chi connectivity index (χ3n) is 4.55. The van der Waals surface area contributed by atoms with Crippen LogP contribution in [-0.2, 0) is 11.2 Å². The van der Waals surface area contributed by atoms with E-state index in [0.29, 0.717) is 5.41 Å². The second-order valence-corrected chi connectivity index (χ2v) is 7.04. The highest BCUT2D eigenvalue weighted by Gasteiger charge is 2.27. The number of carbonyl (C=O) groups is 1. The summed E-state index contributed by atoms with van der Waals surface area (Å²) in [6.07, 6.45) is 7.01. The second-order valence-electron chi connectivity index (χ2n) is 7.04. The Kier molecular flexibility index (Phi) is 5.58. The zero-order valence-corrected chi connectivity index (χ0v) is 13.7. The van der Waals surface area contributed by atoms with Crippen LogP contribution in [0.1, 0.15) is 68.8 Å². The van der Waals surface area contributed by atoms with Crippen LogP contribution in [0.4, 0.5) is 0 Å². The van der Waals surface area contributed by atoms with Crippen molar-refractivity contribution in [3.05, 3.63) is 35.4 Å². The topological polar surface area (TPSA) is 26.3 Å². The van der Waals surface area contributed by atoms with Gasteiger partial charge in [0, 0.05) is 5.56 Å². The first-order valence-corrected chi connectivity index (χ1v) is 8.24. The van der Waals surface area contributed by atoms with E-state index in [4.69, 9.17) is 4.74 Å². The third-order valence-corrected chi connectivity index (χ3v) is 4.55. The van der Waals surface area contributed by atoms with E-state index in [0.717, 1.165) is 31.2 Å². The minimum Gasteiger partial charge on any atom is -0.370 e. The summed E-state index contributed by atoms with van der Waals surface area (Å²) in [4.78, 5) is 12.2. The van der Waals surface area contributed by atoms with Gasteiger partial charge < -0.3 is 4.74 Å². The van der Waals surface area contributed by atoms with Crippen LogP contribution < -0.4 is 0 Å². The van der Waals surface area contributed by atoms with E-state index in [2.05, 4.69) is 32.9 Å². The predicted molar refractivity (Wildman–Crippen MR) is 86.8 cm³/mol. The summed E-state index contributed by atoms with van der Waals surface area (Å²) in [5, 5.41) is 0. The molecule has 1 aromatic carbocycles. The Morgan fingerprint density at radius 2 is 1.81 bits per heavy atom. The summed E-state index contributed by atoms with van der Waals surface area (Å²) >= 11 is 0. The van der Waals surface area contributed by atoms with Gasteiger partial charge in [-0.3, -0.25) is 4.79 Å². The standard InChI is InChI=1S/C19H28O2/c1-4-5-15-6-8-16(9-7-15)18(20)14-21-17-10-12-19(2,3)13-11-17/h6-9,17H,4-5,10-14H2,1-3H3. The molecule has 0 N–H and O–H groups in total. The summed E-state index contributed by atoms with van der Waals surface area (Å²) in [6, 6.07) is 7.97. The molecule has 2 heteroatoms. The van der Waals surface area contributed by atoms with Crippen molar-refractivity contribution in [3.8, 4) is 0 Å². The Morgan fingerprint density at radius 1 is 1.19 bits per heavy atom. The van der Waals surface area contributed by atoms with Gasteiger partial charge in [-0.05, 0) is 43.1 Å². The van der Waals surface area contributed by atoms with Crippen LogP contribution in [0.25, 0.3) is 0 Å². The van der Waals surface area contributed by atoms with E-state index in [1.807, 2.05) is 12.1 Å². The molecule has 21 heavy (non-hydrogen) atoms. The van der Waals surface area contributed by atoms with Crippen LogP contribution in [-0.4, -0.2) is 18.5 Å². The fourth-order valence-electron chi connectivity index (χ4n) is 2.96. The first-order chi connectivity index (χ1) is 10.00. The molecule has 0 radical (unpaired) electrons. The van der Waals surface area contributed by atoms with Gasteiger partial charge >= 0.3 is 0 Å². The predicted octanol–water partition coefficient (Wildman–Crippen LogP) is 4.81. The average molecular weight is 288 g/mol. The van der Waals surface area contributed by atoms with Crippen LogP contribution in [0.5, 0.6) is 0 Å². The van der Waals surface area contributed by atoms with Crippen LogP contribution >= 0.6 is 0 Å². The van der Waals surface area contributed by atoms with Crippen molar-refractivity contribution < 1.29 is 9.53 Å². The number of aryl methyl sites for hydroxylation is 1. The van der Waals surface area contributed by atoms with E-state index >= 15 is 0 Å². The highest BCUT2D eigenvalue weighted by Crippen LogP contribution is 2.36. The molecule has 1 aromatic rings. The summed E-state index contributed by atoms with van der Waals surface area (Å²) in [6.45, 7) is 7.01. The number of ketones is 1. The molecule has 0 unspecified atom stereocenters. The van der Waals surface area contributed by atoms with Crippen molar-refractivity contribution in [2.45, 2.75) is 65.4 Å². The van der Waals surface area contributed by atoms with Gasteiger partial charge in [-0.25, -0.2) is 0 Å². The van der Waals surface area contributed by atoms with Gasteiger partial charge in [-0.1, -0.05) is 51.5 Å². The van der Waals surface area contributed by atoms with E-state index in [9.17, 15) is 4.79 Å². The van der Waals surface area contributed by atoms with Crippen molar-refractivity contribution in [1.82, 2.24) is 0 Å². The number of benzene rings is 1. The molecule has 2 nitrogen and oxygen atoms in total. The lowest BCUT2D eigenvalue weighted by molar-refractivity contribution is 0.00862. The average Bonchev–Trinajstić information content (AvgIpc) is 2.47. The Balaban J connectivity index is 1.79. The summed E-state index contributed by atoms with van der Waals surface area (Å²) in [5.41, 5.74) is 2.51. The first-order valence-electron chi connectivity index (χ1n) is 8.24. The van der Waals surface area contributed by atoms with E-state index in [1.165, 1.54) is 18.4 Å². The molecule has 1 aliphatic carbocycles. The van der Waals surface area contributed by atoms with E-state index in [-0.39, 0.29) is 18.5 Å². The molecule has 0 spiro atoms. The summed E-state index contributed by atoms with van der Waals surface area (Å²) in [5.74, 6) is 0.0999. The molecule has 0 aromatic heterocycles. The largest absolute Gasteiger partial charge is 0.370 e. The van der Waals surface area contributed by atoms with Crippen LogP contribution in [0.3, 0.4) is 0 Å². The molecule has 1 aliphatic rings. The molecule has 1 fully saturated rings. The molecular weight excluding hydrogens is 260 g/mol. The van der Waals surface area contributed by atoms with Crippen molar-refractivity contribution in [2.24, 2.45) is 5.41 Å². The maximum Gasteiger partial charge on any atom is 0.188 e. The molecule has 1 saturated carbocycles. The molecule has 0 aliphatic heterocycles. The number of rotatable bonds is 6. The smallest absolute Gasteiger partial charge is 0.188 e. The van der Waals surface area contributed by atoms with Gasteiger partial charge in [0.15, 0.2) is 5.78 Å². The summed E-state index contributed by atoms with van der Waals surface area (Å²) < 4.78 is 5.82.